The molecule has 0 radical (unpaired) electrons. The zero-order chi connectivity index (χ0) is 10.0. The van der Waals surface area contributed by atoms with Gasteiger partial charge in [0.15, 0.2) is 5.78 Å². The summed E-state index contributed by atoms with van der Waals surface area (Å²) in [5.74, 6) is -0.653. The van der Waals surface area contributed by atoms with Gasteiger partial charge in [-0.15, -0.1) is 0 Å². The standard InChI is InChI=1S/C8H4Br2ClFO/c9-3-7(13)8-5(10)1-4(12)2-6(8)11/h1-2H,3H2. The minimum Gasteiger partial charge on any atom is -0.293 e. The van der Waals surface area contributed by atoms with Gasteiger partial charge in [0.25, 0.3) is 0 Å². The van der Waals surface area contributed by atoms with Crippen LogP contribution >= 0.6 is 43.5 Å². The van der Waals surface area contributed by atoms with Crippen LogP contribution in [-0.4, -0.2) is 11.1 Å². The van der Waals surface area contributed by atoms with Crippen LogP contribution in [0.5, 0.6) is 0 Å². The summed E-state index contributed by atoms with van der Waals surface area (Å²) >= 11 is 11.8. The first-order valence-corrected chi connectivity index (χ1v) is 5.59. The minimum absolute atomic E-state index is 0.122. The predicted molar refractivity (Wildman–Crippen MR) is 57.2 cm³/mol. The maximum Gasteiger partial charge on any atom is 0.176 e. The molecule has 0 N–H and O–H groups in total. The fourth-order valence-corrected chi connectivity index (χ4v) is 2.23. The van der Waals surface area contributed by atoms with Crippen molar-refractivity contribution in [1.82, 2.24) is 0 Å². The SMILES string of the molecule is O=C(CBr)c1c(Cl)cc(F)cc1Br. The number of hydrogen-bond donors (Lipinski definition) is 0. The molecule has 0 unspecified atom stereocenters. The zero-order valence-corrected chi connectivity index (χ0v) is 10.2. The zero-order valence-electron chi connectivity index (χ0n) is 6.28. The highest BCUT2D eigenvalue weighted by Crippen LogP contribution is 2.27. The van der Waals surface area contributed by atoms with E-state index in [0.29, 0.717) is 10.0 Å². The van der Waals surface area contributed by atoms with Gasteiger partial charge in [0.1, 0.15) is 5.82 Å². The van der Waals surface area contributed by atoms with E-state index in [1.54, 1.807) is 0 Å². The van der Waals surface area contributed by atoms with Crippen LogP contribution in [0.25, 0.3) is 0 Å². The third-order valence-corrected chi connectivity index (χ3v) is 2.84. The molecule has 0 aromatic heterocycles. The fraction of sp³-hybridized carbons (Fsp3) is 0.125. The number of carbonyl (C=O) groups excluding carboxylic acids is 1. The smallest absolute Gasteiger partial charge is 0.176 e. The summed E-state index contributed by atoms with van der Waals surface area (Å²) < 4.78 is 13.1. The van der Waals surface area contributed by atoms with Crippen LogP contribution < -0.4 is 0 Å². The van der Waals surface area contributed by atoms with Crippen molar-refractivity contribution in [2.24, 2.45) is 0 Å². The number of hydrogen-bond acceptors (Lipinski definition) is 1. The Hall–Kier alpha value is 0.0700. The Morgan fingerprint density at radius 3 is 2.62 bits per heavy atom. The van der Waals surface area contributed by atoms with Gasteiger partial charge in [-0.2, -0.15) is 0 Å². The summed E-state index contributed by atoms with van der Waals surface area (Å²) in [6, 6.07) is 2.32. The Morgan fingerprint density at radius 2 is 2.15 bits per heavy atom. The van der Waals surface area contributed by atoms with Crippen LogP contribution in [0.2, 0.25) is 5.02 Å². The molecule has 1 aromatic carbocycles. The summed E-state index contributed by atoms with van der Waals surface area (Å²) in [5.41, 5.74) is 0.306. The molecule has 0 atom stereocenters. The fourth-order valence-electron chi connectivity index (χ4n) is 0.875. The largest absolute Gasteiger partial charge is 0.293 e. The highest BCUT2D eigenvalue weighted by atomic mass is 79.9. The van der Waals surface area contributed by atoms with E-state index in [4.69, 9.17) is 11.6 Å². The van der Waals surface area contributed by atoms with E-state index in [-0.39, 0.29) is 16.1 Å². The van der Waals surface area contributed by atoms with Crippen molar-refractivity contribution in [1.29, 1.82) is 0 Å². The van der Waals surface area contributed by atoms with Gasteiger partial charge in [-0.1, -0.05) is 27.5 Å². The lowest BCUT2D eigenvalue weighted by Gasteiger charge is -2.03. The Morgan fingerprint density at radius 1 is 1.54 bits per heavy atom. The second kappa shape index (κ2) is 4.53. The molecule has 0 aliphatic carbocycles. The van der Waals surface area contributed by atoms with E-state index in [9.17, 15) is 9.18 Å². The minimum atomic E-state index is -0.469. The van der Waals surface area contributed by atoms with Crippen LogP contribution in [0.3, 0.4) is 0 Å². The Balaban J connectivity index is 3.28. The predicted octanol–water partition coefficient (Wildman–Crippen LogP) is 3.82. The Bertz CT molecular complexity index is 331. The summed E-state index contributed by atoms with van der Waals surface area (Å²) in [6.45, 7) is 0. The third-order valence-electron chi connectivity index (χ3n) is 1.41. The van der Waals surface area contributed by atoms with Gasteiger partial charge in [-0.3, -0.25) is 4.79 Å². The summed E-state index contributed by atoms with van der Waals surface area (Å²) in [6.07, 6.45) is 0. The van der Waals surface area contributed by atoms with Gasteiger partial charge in [0.05, 0.1) is 15.9 Å². The van der Waals surface area contributed by atoms with Crippen molar-refractivity contribution >= 4 is 49.2 Å². The van der Waals surface area contributed by atoms with Crippen LogP contribution in [0, 0.1) is 5.82 Å². The number of benzene rings is 1. The highest BCUT2D eigenvalue weighted by Gasteiger charge is 2.14. The molecule has 0 bridgehead atoms. The third kappa shape index (κ3) is 2.51. The van der Waals surface area contributed by atoms with E-state index in [2.05, 4.69) is 31.9 Å². The molecule has 0 heterocycles. The molecule has 1 rings (SSSR count). The van der Waals surface area contributed by atoms with E-state index in [0.717, 1.165) is 6.07 Å². The molecule has 13 heavy (non-hydrogen) atoms. The van der Waals surface area contributed by atoms with Crippen molar-refractivity contribution in [3.8, 4) is 0 Å². The van der Waals surface area contributed by atoms with E-state index in [1.807, 2.05) is 0 Å². The topological polar surface area (TPSA) is 17.1 Å². The normalized spacial score (nSPS) is 10.2. The van der Waals surface area contributed by atoms with Crippen LogP contribution in [0.15, 0.2) is 16.6 Å². The monoisotopic (exact) mass is 328 g/mol. The molecule has 0 aliphatic heterocycles. The van der Waals surface area contributed by atoms with Gasteiger partial charge in [0, 0.05) is 4.47 Å². The number of halogens is 4. The Kier molecular flexibility index (Phi) is 3.88. The number of Topliss-reactive ketones (excluding diaryl/α,β-unsaturated/α-hetero) is 1. The molecule has 0 amide bonds. The average molecular weight is 330 g/mol. The first kappa shape index (κ1) is 11.1. The number of alkyl halides is 1. The van der Waals surface area contributed by atoms with Crippen molar-refractivity contribution in [3.63, 3.8) is 0 Å². The lowest BCUT2D eigenvalue weighted by Crippen LogP contribution is -2.02. The van der Waals surface area contributed by atoms with Crippen LogP contribution in [0.4, 0.5) is 4.39 Å². The second-order valence-electron chi connectivity index (χ2n) is 2.30. The van der Waals surface area contributed by atoms with Crippen LogP contribution in [-0.2, 0) is 0 Å². The molecule has 1 aromatic rings. The highest BCUT2D eigenvalue weighted by molar-refractivity contribution is 9.10. The molecule has 0 fully saturated rings. The van der Waals surface area contributed by atoms with Crippen molar-refractivity contribution in [2.45, 2.75) is 0 Å². The lowest BCUT2D eigenvalue weighted by atomic mass is 10.1. The van der Waals surface area contributed by atoms with Gasteiger partial charge in [-0.05, 0) is 28.1 Å². The van der Waals surface area contributed by atoms with Gasteiger partial charge >= 0.3 is 0 Å². The first-order valence-electron chi connectivity index (χ1n) is 3.30. The molecule has 0 aliphatic rings. The maximum atomic E-state index is 12.7. The van der Waals surface area contributed by atoms with Crippen molar-refractivity contribution < 1.29 is 9.18 Å². The Labute approximate surface area is 96.5 Å². The molecule has 0 saturated carbocycles. The van der Waals surface area contributed by atoms with Crippen molar-refractivity contribution in [3.05, 3.63) is 33.0 Å². The molecular formula is C8H4Br2ClFO. The maximum absolute atomic E-state index is 12.7. The summed E-state index contributed by atoms with van der Waals surface area (Å²) in [4.78, 5) is 11.3. The number of carbonyl (C=O) groups is 1. The molecular weight excluding hydrogens is 326 g/mol. The number of rotatable bonds is 2. The summed E-state index contributed by atoms with van der Waals surface area (Å²) in [5, 5.41) is 0.285. The van der Waals surface area contributed by atoms with E-state index in [1.165, 1.54) is 6.07 Å². The lowest BCUT2D eigenvalue weighted by molar-refractivity contribution is 0.102. The molecule has 70 valence electrons. The number of ketones is 1. The molecule has 0 spiro atoms. The molecule has 0 saturated heterocycles. The van der Waals surface area contributed by atoms with Gasteiger partial charge < -0.3 is 0 Å². The average Bonchev–Trinajstić information content (AvgIpc) is 2.02. The van der Waals surface area contributed by atoms with Gasteiger partial charge in [-0.25, -0.2) is 4.39 Å². The van der Waals surface area contributed by atoms with E-state index < -0.39 is 5.82 Å². The van der Waals surface area contributed by atoms with Crippen molar-refractivity contribution in [2.75, 3.05) is 5.33 Å². The summed E-state index contributed by atoms with van der Waals surface area (Å²) in [7, 11) is 0. The molecule has 5 heteroatoms. The second-order valence-corrected chi connectivity index (χ2v) is 4.12. The van der Waals surface area contributed by atoms with E-state index >= 15 is 0 Å². The first-order chi connectivity index (χ1) is 6.06. The molecule has 1 nitrogen and oxygen atoms in total. The van der Waals surface area contributed by atoms with Gasteiger partial charge in [0.2, 0.25) is 0 Å². The van der Waals surface area contributed by atoms with Crippen LogP contribution in [0.1, 0.15) is 10.4 Å². The quantitative estimate of drug-likeness (QED) is 0.595.